The molecule has 1 unspecified atom stereocenters. The van der Waals surface area contributed by atoms with Crippen molar-refractivity contribution in [3.8, 4) is 0 Å². The maximum Gasteiger partial charge on any atom is 0.0522 e. The first-order chi connectivity index (χ1) is 9.13. The van der Waals surface area contributed by atoms with Gasteiger partial charge in [-0.3, -0.25) is 4.68 Å². The Hall–Kier alpha value is -0.870. The molecule has 4 heteroatoms. The van der Waals surface area contributed by atoms with Crippen LogP contribution in [0.4, 0.5) is 0 Å². The zero-order valence-electron chi connectivity index (χ0n) is 12.6. The fourth-order valence-corrected chi connectivity index (χ4v) is 2.81. The van der Waals surface area contributed by atoms with Crippen LogP contribution in [0.15, 0.2) is 12.4 Å². The lowest BCUT2D eigenvalue weighted by Crippen LogP contribution is -2.41. The molecule has 1 aromatic rings. The molecular weight excluding hydrogens is 236 g/mol. The summed E-state index contributed by atoms with van der Waals surface area (Å²) in [6.07, 6.45) is 7.96. The molecule has 108 valence electrons. The van der Waals surface area contributed by atoms with E-state index in [2.05, 4.69) is 35.4 Å². The molecule has 1 aliphatic rings. The van der Waals surface area contributed by atoms with Gasteiger partial charge in [0.15, 0.2) is 0 Å². The summed E-state index contributed by atoms with van der Waals surface area (Å²) >= 11 is 0. The zero-order valence-corrected chi connectivity index (χ0v) is 12.6. The van der Waals surface area contributed by atoms with E-state index in [0.29, 0.717) is 6.04 Å². The van der Waals surface area contributed by atoms with E-state index in [1.165, 1.54) is 44.6 Å². The number of aryl methyl sites for hydroxylation is 1. The minimum Gasteiger partial charge on any atom is -0.314 e. The maximum absolute atomic E-state index is 4.23. The Morgan fingerprint density at radius 2 is 2.32 bits per heavy atom. The van der Waals surface area contributed by atoms with Crippen molar-refractivity contribution in [2.45, 2.75) is 39.2 Å². The summed E-state index contributed by atoms with van der Waals surface area (Å²) in [4.78, 5) is 2.61. The molecule has 1 atom stereocenters. The number of rotatable bonds is 6. The first kappa shape index (κ1) is 14.5. The molecule has 2 heterocycles. The van der Waals surface area contributed by atoms with Crippen LogP contribution in [0, 0.1) is 5.92 Å². The van der Waals surface area contributed by atoms with Gasteiger partial charge in [0.1, 0.15) is 0 Å². The van der Waals surface area contributed by atoms with Gasteiger partial charge in [-0.1, -0.05) is 13.8 Å². The molecular formula is C15H28N4. The lowest BCUT2D eigenvalue weighted by atomic mass is 9.97. The van der Waals surface area contributed by atoms with E-state index in [-0.39, 0.29) is 0 Å². The highest BCUT2D eigenvalue weighted by atomic mass is 15.2. The SMILES string of the molecule is CC(C)NCC1CCCN(CCc2cnn(C)c2)C1. The van der Waals surface area contributed by atoms with Crippen molar-refractivity contribution in [2.75, 3.05) is 26.2 Å². The van der Waals surface area contributed by atoms with Crippen LogP contribution < -0.4 is 5.32 Å². The summed E-state index contributed by atoms with van der Waals surface area (Å²) in [5, 5.41) is 7.81. The summed E-state index contributed by atoms with van der Waals surface area (Å²) < 4.78 is 1.89. The summed E-state index contributed by atoms with van der Waals surface area (Å²) in [5.41, 5.74) is 1.35. The van der Waals surface area contributed by atoms with Crippen molar-refractivity contribution in [1.82, 2.24) is 20.0 Å². The normalized spacial score (nSPS) is 21.2. The molecule has 0 aromatic carbocycles. The van der Waals surface area contributed by atoms with Crippen LogP contribution in [0.5, 0.6) is 0 Å². The van der Waals surface area contributed by atoms with Crippen LogP contribution in [-0.2, 0) is 13.5 Å². The predicted octanol–water partition coefficient (Wildman–Crippen LogP) is 1.67. The fourth-order valence-electron chi connectivity index (χ4n) is 2.81. The van der Waals surface area contributed by atoms with Crippen molar-refractivity contribution >= 4 is 0 Å². The van der Waals surface area contributed by atoms with Gasteiger partial charge in [-0.25, -0.2) is 0 Å². The van der Waals surface area contributed by atoms with Crippen molar-refractivity contribution in [3.05, 3.63) is 18.0 Å². The molecule has 0 aliphatic carbocycles. The second-order valence-corrected chi connectivity index (χ2v) is 6.14. The number of hydrogen-bond donors (Lipinski definition) is 1. The minimum absolute atomic E-state index is 0.603. The van der Waals surface area contributed by atoms with E-state index in [1.54, 1.807) is 0 Å². The molecule has 0 radical (unpaired) electrons. The Morgan fingerprint density at radius 1 is 1.47 bits per heavy atom. The lowest BCUT2D eigenvalue weighted by Gasteiger charge is -2.33. The van der Waals surface area contributed by atoms with E-state index in [1.807, 2.05) is 17.9 Å². The summed E-state index contributed by atoms with van der Waals surface area (Å²) in [6.45, 7) is 9.30. The van der Waals surface area contributed by atoms with Crippen LogP contribution in [0.2, 0.25) is 0 Å². The van der Waals surface area contributed by atoms with Gasteiger partial charge in [0.2, 0.25) is 0 Å². The Kier molecular flexibility index (Phi) is 5.40. The number of aromatic nitrogens is 2. The predicted molar refractivity (Wildman–Crippen MR) is 79.2 cm³/mol. The topological polar surface area (TPSA) is 33.1 Å². The Morgan fingerprint density at radius 3 is 3.00 bits per heavy atom. The Labute approximate surface area is 117 Å². The van der Waals surface area contributed by atoms with E-state index in [9.17, 15) is 0 Å². The second kappa shape index (κ2) is 7.06. The molecule has 1 fully saturated rings. The van der Waals surface area contributed by atoms with Crippen molar-refractivity contribution in [3.63, 3.8) is 0 Å². The van der Waals surface area contributed by atoms with Crippen LogP contribution in [0.1, 0.15) is 32.3 Å². The highest BCUT2D eigenvalue weighted by Gasteiger charge is 2.19. The molecule has 0 spiro atoms. The first-order valence-corrected chi connectivity index (χ1v) is 7.56. The molecule has 2 rings (SSSR count). The average Bonchev–Trinajstić information content (AvgIpc) is 2.80. The third kappa shape index (κ3) is 4.96. The van der Waals surface area contributed by atoms with E-state index in [4.69, 9.17) is 0 Å². The summed E-state index contributed by atoms with van der Waals surface area (Å²) in [5.74, 6) is 0.824. The molecule has 4 nitrogen and oxygen atoms in total. The number of nitrogens with one attached hydrogen (secondary N) is 1. The van der Waals surface area contributed by atoms with Crippen molar-refractivity contribution in [2.24, 2.45) is 13.0 Å². The molecule has 1 aliphatic heterocycles. The monoisotopic (exact) mass is 264 g/mol. The van der Waals surface area contributed by atoms with Gasteiger partial charge in [-0.2, -0.15) is 5.10 Å². The molecule has 19 heavy (non-hydrogen) atoms. The van der Waals surface area contributed by atoms with Crippen LogP contribution in [-0.4, -0.2) is 46.9 Å². The quantitative estimate of drug-likeness (QED) is 0.848. The van der Waals surface area contributed by atoms with Gasteiger partial charge >= 0.3 is 0 Å². The molecule has 1 saturated heterocycles. The van der Waals surface area contributed by atoms with Crippen LogP contribution in [0.3, 0.4) is 0 Å². The Bertz CT molecular complexity index is 372. The number of nitrogens with zero attached hydrogens (tertiary/aromatic N) is 3. The van der Waals surface area contributed by atoms with Gasteiger partial charge in [0, 0.05) is 32.4 Å². The summed E-state index contributed by atoms with van der Waals surface area (Å²) in [7, 11) is 1.98. The van der Waals surface area contributed by atoms with Crippen LogP contribution >= 0.6 is 0 Å². The number of hydrogen-bond acceptors (Lipinski definition) is 3. The first-order valence-electron chi connectivity index (χ1n) is 7.56. The van der Waals surface area contributed by atoms with Gasteiger partial charge in [-0.05, 0) is 43.8 Å². The molecule has 0 bridgehead atoms. The van der Waals surface area contributed by atoms with E-state index in [0.717, 1.165) is 12.3 Å². The zero-order chi connectivity index (χ0) is 13.7. The number of piperidine rings is 1. The molecule has 1 N–H and O–H groups in total. The van der Waals surface area contributed by atoms with E-state index < -0.39 is 0 Å². The fraction of sp³-hybridized carbons (Fsp3) is 0.800. The highest BCUT2D eigenvalue weighted by Crippen LogP contribution is 2.16. The Balaban J connectivity index is 1.71. The van der Waals surface area contributed by atoms with Gasteiger partial charge < -0.3 is 10.2 Å². The smallest absolute Gasteiger partial charge is 0.0522 e. The molecule has 0 amide bonds. The third-order valence-corrected chi connectivity index (χ3v) is 3.89. The minimum atomic E-state index is 0.603. The second-order valence-electron chi connectivity index (χ2n) is 6.14. The molecule has 0 saturated carbocycles. The number of likely N-dealkylation sites (tertiary alicyclic amines) is 1. The van der Waals surface area contributed by atoms with Crippen LogP contribution in [0.25, 0.3) is 0 Å². The lowest BCUT2D eigenvalue weighted by molar-refractivity contribution is 0.172. The average molecular weight is 264 g/mol. The standard InChI is InChI=1S/C15H28N4/c1-13(2)16-9-14-5-4-7-19(12-14)8-6-15-10-17-18(3)11-15/h10-11,13-14,16H,4-9,12H2,1-3H3. The van der Waals surface area contributed by atoms with E-state index >= 15 is 0 Å². The summed E-state index contributed by atoms with van der Waals surface area (Å²) in [6, 6.07) is 0.603. The van der Waals surface area contributed by atoms with Crippen molar-refractivity contribution < 1.29 is 0 Å². The van der Waals surface area contributed by atoms with Gasteiger partial charge in [0.25, 0.3) is 0 Å². The van der Waals surface area contributed by atoms with Gasteiger partial charge in [-0.15, -0.1) is 0 Å². The largest absolute Gasteiger partial charge is 0.314 e. The highest BCUT2D eigenvalue weighted by molar-refractivity contribution is 5.04. The third-order valence-electron chi connectivity index (χ3n) is 3.89. The van der Waals surface area contributed by atoms with Crippen molar-refractivity contribution in [1.29, 1.82) is 0 Å². The molecule has 1 aromatic heterocycles. The van der Waals surface area contributed by atoms with Gasteiger partial charge in [0.05, 0.1) is 6.20 Å². The maximum atomic E-state index is 4.23.